The van der Waals surface area contributed by atoms with E-state index in [1.165, 1.54) is 0 Å². The maximum atomic E-state index is 11.5. The number of carbonyl (C=O) groups is 1. The molecule has 0 aromatic heterocycles. The third-order valence-electron chi connectivity index (χ3n) is 3.00. The second-order valence-electron chi connectivity index (χ2n) is 4.49. The molecule has 0 saturated heterocycles. The molecule has 0 radical (unpaired) electrons. The van der Waals surface area contributed by atoms with Gasteiger partial charge in [-0.05, 0) is 11.1 Å². The largest absolute Gasteiger partial charge is 0.447 e. The van der Waals surface area contributed by atoms with Gasteiger partial charge in [0, 0.05) is 5.92 Å². The van der Waals surface area contributed by atoms with Gasteiger partial charge in [-0.25, -0.2) is 4.79 Å². The number of guanidine groups is 1. The number of nitrogens with two attached hydrogens (primary N) is 2. The third kappa shape index (κ3) is 4.35. The van der Waals surface area contributed by atoms with E-state index in [9.17, 15) is 4.79 Å². The van der Waals surface area contributed by atoms with Crippen molar-refractivity contribution in [2.45, 2.75) is 5.92 Å². The van der Waals surface area contributed by atoms with Crippen LogP contribution in [0.4, 0.5) is 4.79 Å². The first kappa shape index (κ1) is 14.6. The molecule has 0 heterocycles. The van der Waals surface area contributed by atoms with Crippen LogP contribution in [0.2, 0.25) is 0 Å². The molecule has 5 heteroatoms. The second-order valence-corrected chi connectivity index (χ2v) is 4.49. The number of benzene rings is 2. The zero-order valence-corrected chi connectivity index (χ0v) is 11.5. The van der Waals surface area contributed by atoms with Crippen LogP contribution in [0.25, 0.3) is 0 Å². The van der Waals surface area contributed by atoms with Gasteiger partial charge in [-0.3, -0.25) is 0 Å². The topological polar surface area (TPSA) is 90.7 Å². The Bertz CT molecular complexity index is 568. The Hall–Kier alpha value is -2.82. The number of hydrogen-bond donors (Lipinski definition) is 2. The van der Waals surface area contributed by atoms with Crippen molar-refractivity contribution < 1.29 is 9.53 Å². The van der Waals surface area contributed by atoms with Crippen molar-refractivity contribution in [1.29, 1.82) is 0 Å². The monoisotopic (exact) mass is 283 g/mol. The summed E-state index contributed by atoms with van der Waals surface area (Å²) >= 11 is 0. The summed E-state index contributed by atoms with van der Waals surface area (Å²) < 4.78 is 5.14. The van der Waals surface area contributed by atoms with E-state index in [-0.39, 0.29) is 18.5 Å². The second kappa shape index (κ2) is 7.09. The summed E-state index contributed by atoms with van der Waals surface area (Å²) in [7, 11) is 0. The highest BCUT2D eigenvalue weighted by Crippen LogP contribution is 2.24. The fourth-order valence-electron chi connectivity index (χ4n) is 2.05. The highest BCUT2D eigenvalue weighted by Gasteiger charge is 2.16. The van der Waals surface area contributed by atoms with Crippen LogP contribution in [0.1, 0.15) is 17.0 Å². The van der Waals surface area contributed by atoms with Crippen LogP contribution in [0.5, 0.6) is 0 Å². The van der Waals surface area contributed by atoms with Gasteiger partial charge in [-0.2, -0.15) is 0 Å². The molecule has 1 amide bonds. The number of amides is 1. The molecule has 108 valence electrons. The van der Waals surface area contributed by atoms with E-state index >= 15 is 0 Å². The first-order valence-electron chi connectivity index (χ1n) is 6.53. The Balaban J connectivity index is 2.18. The highest BCUT2D eigenvalue weighted by molar-refractivity contribution is 5.87. The summed E-state index contributed by atoms with van der Waals surface area (Å²) in [5.74, 6) is -0.374. The number of hydrogen-bond acceptors (Lipinski definition) is 2. The van der Waals surface area contributed by atoms with Crippen molar-refractivity contribution in [3.8, 4) is 0 Å². The standard InChI is InChI=1S/C16H17N3O2/c17-15(18)19-16(20)21-11-14(12-7-3-1-4-8-12)13-9-5-2-6-10-13/h1-10,14H,11H2,(H4,17,18,19,20). The van der Waals surface area contributed by atoms with Crippen molar-refractivity contribution >= 4 is 12.1 Å². The summed E-state index contributed by atoms with van der Waals surface area (Å²) in [5.41, 5.74) is 12.4. The quantitative estimate of drug-likeness (QED) is 0.665. The van der Waals surface area contributed by atoms with E-state index < -0.39 is 6.09 Å². The molecule has 2 aromatic carbocycles. The van der Waals surface area contributed by atoms with Crippen LogP contribution in [0.15, 0.2) is 65.7 Å². The zero-order valence-electron chi connectivity index (χ0n) is 11.5. The van der Waals surface area contributed by atoms with Crippen LogP contribution in [0.3, 0.4) is 0 Å². The van der Waals surface area contributed by atoms with E-state index in [2.05, 4.69) is 4.99 Å². The average molecular weight is 283 g/mol. The van der Waals surface area contributed by atoms with E-state index in [1.54, 1.807) is 0 Å². The lowest BCUT2D eigenvalue weighted by Gasteiger charge is -2.17. The number of rotatable bonds is 4. The van der Waals surface area contributed by atoms with Crippen LogP contribution >= 0.6 is 0 Å². The van der Waals surface area contributed by atoms with Gasteiger partial charge in [0.1, 0.15) is 6.61 Å². The smallest absolute Gasteiger partial charge is 0.436 e. The van der Waals surface area contributed by atoms with Gasteiger partial charge in [-0.15, -0.1) is 4.99 Å². The van der Waals surface area contributed by atoms with Gasteiger partial charge in [0.25, 0.3) is 0 Å². The molecule has 21 heavy (non-hydrogen) atoms. The molecule has 0 aliphatic rings. The fraction of sp³-hybridized carbons (Fsp3) is 0.125. The lowest BCUT2D eigenvalue weighted by Crippen LogP contribution is -2.25. The van der Waals surface area contributed by atoms with Crippen molar-refractivity contribution in [2.75, 3.05) is 6.61 Å². The van der Waals surface area contributed by atoms with Gasteiger partial charge in [0.05, 0.1) is 0 Å². The Morgan fingerprint density at radius 3 is 1.86 bits per heavy atom. The molecule has 0 saturated carbocycles. The number of aliphatic imine (C=N–C) groups is 1. The first-order valence-corrected chi connectivity index (χ1v) is 6.53. The Kier molecular flexibility index (Phi) is 4.93. The number of ether oxygens (including phenoxy) is 1. The Morgan fingerprint density at radius 1 is 0.952 bits per heavy atom. The SMILES string of the molecule is NC(N)=NC(=O)OCC(c1ccccc1)c1ccccc1. The summed E-state index contributed by atoms with van der Waals surface area (Å²) in [6.07, 6.45) is -0.785. The van der Waals surface area contributed by atoms with E-state index in [0.717, 1.165) is 11.1 Å². The molecule has 0 spiro atoms. The summed E-state index contributed by atoms with van der Waals surface area (Å²) in [4.78, 5) is 14.8. The first-order chi connectivity index (χ1) is 10.2. The molecular formula is C16H17N3O2. The molecule has 0 aliphatic heterocycles. The minimum absolute atomic E-state index is 0.0643. The molecule has 2 aromatic rings. The lowest BCUT2D eigenvalue weighted by atomic mass is 9.92. The summed E-state index contributed by atoms with van der Waals surface area (Å²) in [5, 5.41) is 0. The van der Waals surface area contributed by atoms with Crippen molar-refractivity contribution in [3.05, 3.63) is 71.8 Å². The van der Waals surface area contributed by atoms with Crippen LogP contribution in [-0.2, 0) is 4.74 Å². The summed E-state index contributed by atoms with van der Waals surface area (Å²) in [6.45, 7) is 0.170. The zero-order chi connectivity index (χ0) is 15.1. The fourth-order valence-corrected chi connectivity index (χ4v) is 2.05. The lowest BCUT2D eigenvalue weighted by molar-refractivity contribution is 0.153. The Morgan fingerprint density at radius 2 is 1.43 bits per heavy atom. The third-order valence-corrected chi connectivity index (χ3v) is 3.00. The normalized spacial score (nSPS) is 10.1. The maximum absolute atomic E-state index is 11.5. The number of nitrogens with zero attached hydrogens (tertiary/aromatic N) is 1. The maximum Gasteiger partial charge on any atom is 0.436 e. The molecule has 0 unspecified atom stereocenters. The molecule has 0 bridgehead atoms. The highest BCUT2D eigenvalue weighted by atomic mass is 16.5. The molecule has 0 atom stereocenters. The van der Waals surface area contributed by atoms with Crippen molar-refractivity contribution in [1.82, 2.24) is 0 Å². The number of carbonyl (C=O) groups excluding carboxylic acids is 1. The molecule has 4 N–H and O–H groups in total. The minimum atomic E-state index is -0.785. The van der Waals surface area contributed by atoms with Gasteiger partial charge < -0.3 is 16.2 Å². The van der Waals surface area contributed by atoms with Crippen LogP contribution in [-0.4, -0.2) is 18.7 Å². The predicted molar refractivity (Wildman–Crippen MR) is 81.9 cm³/mol. The van der Waals surface area contributed by atoms with E-state index in [4.69, 9.17) is 16.2 Å². The predicted octanol–water partition coefficient (Wildman–Crippen LogP) is 2.23. The van der Waals surface area contributed by atoms with Crippen molar-refractivity contribution in [3.63, 3.8) is 0 Å². The molecular weight excluding hydrogens is 266 g/mol. The van der Waals surface area contributed by atoms with Gasteiger partial charge >= 0.3 is 6.09 Å². The minimum Gasteiger partial charge on any atom is -0.447 e. The Labute approximate surface area is 123 Å². The molecule has 2 rings (SSSR count). The summed E-state index contributed by atoms with van der Waals surface area (Å²) in [6, 6.07) is 19.6. The van der Waals surface area contributed by atoms with Gasteiger partial charge in [0.15, 0.2) is 5.96 Å². The van der Waals surface area contributed by atoms with Gasteiger partial charge in [-0.1, -0.05) is 60.7 Å². The van der Waals surface area contributed by atoms with Crippen LogP contribution in [0, 0.1) is 0 Å². The van der Waals surface area contributed by atoms with E-state index in [0.29, 0.717) is 0 Å². The van der Waals surface area contributed by atoms with Gasteiger partial charge in [0.2, 0.25) is 0 Å². The van der Waals surface area contributed by atoms with Crippen LogP contribution < -0.4 is 11.5 Å². The van der Waals surface area contributed by atoms with E-state index in [1.807, 2.05) is 60.7 Å². The molecule has 0 fully saturated rings. The molecule has 0 aliphatic carbocycles. The van der Waals surface area contributed by atoms with Crippen molar-refractivity contribution in [2.24, 2.45) is 16.5 Å². The average Bonchev–Trinajstić information content (AvgIpc) is 2.49. The molecule has 5 nitrogen and oxygen atoms in total.